The number of carbonyl (C=O) groups excluding carboxylic acids is 2. The summed E-state index contributed by atoms with van der Waals surface area (Å²) in [4.78, 5) is 35.5. The Labute approximate surface area is 193 Å². The van der Waals surface area contributed by atoms with Crippen molar-refractivity contribution in [2.45, 2.75) is 6.61 Å². The molecule has 0 saturated carbocycles. The lowest BCUT2D eigenvalue weighted by Crippen LogP contribution is -2.01. The number of non-ortho nitro benzene ring substituents is 1. The third-order valence-electron chi connectivity index (χ3n) is 4.77. The van der Waals surface area contributed by atoms with E-state index in [9.17, 15) is 19.7 Å². The van der Waals surface area contributed by atoms with Gasteiger partial charge in [0.25, 0.3) is 5.69 Å². The Balaban J connectivity index is 1.55. The number of ketones is 2. The highest BCUT2D eigenvalue weighted by Gasteiger charge is 2.32. The van der Waals surface area contributed by atoms with Crippen molar-refractivity contribution < 1.29 is 19.2 Å². The molecule has 31 heavy (non-hydrogen) atoms. The van der Waals surface area contributed by atoms with Gasteiger partial charge in [0.1, 0.15) is 12.4 Å². The van der Waals surface area contributed by atoms with Gasteiger partial charge < -0.3 is 4.74 Å². The summed E-state index contributed by atoms with van der Waals surface area (Å²) in [5.74, 6) is -0.0365. The summed E-state index contributed by atoms with van der Waals surface area (Å²) in [5, 5.41) is 10.8. The number of ether oxygens (including phenoxy) is 1. The van der Waals surface area contributed by atoms with Crippen LogP contribution in [0.4, 0.5) is 5.69 Å². The first kappa shape index (κ1) is 21.1. The SMILES string of the molecule is O=C1C(=Cc2cc(Br)c(OCc3ccc([N+](=O)[O-])cc3)c(Br)c2)C(=O)c2ccccc21. The molecule has 1 aliphatic rings. The van der Waals surface area contributed by atoms with Crippen molar-refractivity contribution in [2.75, 3.05) is 0 Å². The average Bonchev–Trinajstić information content (AvgIpc) is 2.98. The zero-order chi connectivity index (χ0) is 22.1. The van der Waals surface area contributed by atoms with Gasteiger partial charge in [0.2, 0.25) is 0 Å². The minimum atomic E-state index is -0.455. The van der Waals surface area contributed by atoms with E-state index in [1.165, 1.54) is 12.1 Å². The molecule has 3 aromatic rings. The summed E-state index contributed by atoms with van der Waals surface area (Å²) in [6.45, 7) is 0.210. The standard InChI is InChI=1S/C23H13Br2NO5/c24-19-10-14(9-18-21(27)16-3-1-2-4-17(16)22(18)28)11-20(25)23(19)31-12-13-5-7-15(8-6-13)26(29)30/h1-11H,12H2. The van der Waals surface area contributed by atoms with E-state index in [0.717, 1.165) is 5.56 Å². The number of fused-ring (bicyclic) bond motifs is 1. The molecule has 0 N–H and O–H groups in total. The highest BCUT2D eigenvalue weighted by Crippen LogP contribution is 2.37. The number of hydrogen-bond donors (Lipinski definition) is 0. The highest BCUT2D eigenvalue weighted by atomic mass is 79.9. The number of rotatable bonds is 5. The lowest BCUT2D eigenvalue weighted by atomic mass is 10.1. The van der Waals surface area contributed by atoms with Gasteiger partial charge in [0.05, 0.1) is 19.4 Å². The van der Waals surface area contributed by atoms with E-state index in [-0.39, 0.29) is 29.4 Å². The molecule has 4 rings (SSSR count). The van der Waals surface area contributed by atoms with Crippen LogP contribution in [0.25, 0.3) is 6.08 Å². The van der Waals surface area contributed by atoms with Crippen molar-refractivity contribution in [1.82, 2.24) is 0 Å². The summed E-state index contributed by atoms with van der Waals surface area (Å²) in [6.07, 6.45) is 1.57. The molecule has 0 radical (unpaired) electrons. The molecule has 0 aliphatic heterocycles. The molecule has 8 heteroatoms. The largest absolute Gasteiger partial charge is 0.487 e. The first-order chi connectivity index (χ1) is 14.8. The van der Waals surface area contributed by atoms with Crippen LogP contribution in [0.5, 0.6) is 5.75 Å². The van der Waals surface area contributed by atoms with Gasteiger partial charge in [-0.05, 0) is 73.3 Å². The zero-order valence-corrected chi connectivity index (χ0v) is 19.0. The number of benzene rings is 3. The Hall–Kier alpha value is -3.10. The molecule has 0 aromatic heterocycles. The lowest BCUT2D eigenvalue weighted by molar-refractivity contribution is -0.384. The number of halogens is 2. The highest BCUT2D eigenvalue weighted by molar-refractivity contribution is 9.11. The Morgan fingerprint density at radius 3 is 1.97 bits per heavy atom. The van der Waals surface area contributed by atoms with E-state index in [2.05, 4.69) is 31.9 Å². The molecular formula is C23H13Br2NO5. The molecule has 0 unspecified atom stereocenters. The van der Waals surface area contributed by atoms with Crippen molar-refractivity contribution in [3.63, 3.8) is 0 Å². The molecule has 154 valence electrons. The third kappa shape index (κ3) is 4.22. The van der Waals surface area contributed by atoms with Gasteiger partial charge in [-0.25, -0.2) is 0 Å². The molecule has 0 heterocycles. The van der Waals surface area contributed by atoms with Crippen LogP contribution in [-0.2, 0) is 6.61 Å². The van der Waals surface area contributed by atoms with E-state index in [0.29, 0.717) is 31.4 Å². The molecule has 0 saturated heterocycles. The van der Waals surface area contributed by atoms with Crippen LogP contribution in [0.15, 0.2) is 75.2 Å². The molecule has 0 atom stereocenters. The quantitative estimate of drug-likeness (QED) is 0.167. The van der Waals surface area contributed by atoms with Crippen LogP contribution in [0.1, 0.15) is 31.8 Å². The Morgan fingerprint density at radius 1 is 0.903 bits per heavy atom. The second-order valence-electron chi connectivity index (χ2n) is 6.79. The van der Waals surface area contributed by atoms with Crippen molar-refractivity contribution in [2.24, 2.45) is 0 Å². The molecule has 1 aliphatic carbocycles. The van der Waals surface area contributed by atoms with E-state index < -0.39 is 4.92 Å². The topological polar surface area (TPSA) is 86.5 Å². The first-order valence-electron chi connectivity index (χ1n) is 9.10. The van der Waals surface area contributed by atoms with E-state index in [1.54, 1.807) is 54.6 Å². The maximum absolute atomic E-state index is 12.6. The average molecular weight is 543 g/mol. The van der Waals surface area contributed by atoms with E-state index in [4.69, 9.17) is 4.74 Å². The Bertz CT molecular complexity index is 1210. The minimum Gasteiger partial charge on any atom is -0.487 e. The third-order valence-corrected chi connectivity index (χ3v) is 5.95. The summed E-state index contributed by atoms with van der Waals surface area (Å²) in [5.41, 5.74) is 2.41. The molecule has 0 fully saturated rings. The van der Waals surface area contributed by atoms with Gasteiger partial charge in [-0.1, -0.05) is 24.3 Å². The van der Waals surface area contributed by atoms with Gasteiger partial charge in [-0.15, -0.1) is 0 Å². The van der Waals surface area contributed by atoms with E-state index >= 15 is 0 Å². The number of nitro benzene ring substituents is 1. The van der Waals surface area contributed by atoms with Gasteiger partial charge in [0.15, 0.2) is 11.6 Å². The second-order valence-corrected chi connectivity index (χ2v) is 8.50. The zero-order valence-electron chi connectivity index (χ0n) is 15.8. The maximum atomic E-state index is 12.6. The van der Waals surface area contributed by atoms with Gasteiger partial charge in [-0.3, -0.25) is 19.7 Å². The molecule has 0 bridgehead atoms. The number of nitro groups is 1. The normalized spacial score (nSPS) is 12.6. The Morgan fingerprint density at radius 2 is 1.45 bits per heavy atom. The number of carbonyl (C=O) groups is 2. The lowest BCUT2D eigenvalue weighted by Gasteiger charge is -2.11. The van der Waals surface area contributed by atoms with E-state index in [1.807, 2.05) is 0 Å². The fourth-order valence-electron chi connectivity index (χ4n) is 3.24. The first-order valence-corrected chi connectivity index (χ1v) is 10.7. The summed E-state index contributed by atoms with van der Waals surface area (Å²) in [7, 11) is 0. The second kappa shape index (κ2) is 8.56. The number of nitrogens with zero attached hydrogens (tertiary/aromatic N) is 1. The van der Waals surface area contributed by atoms with Crippen LogP contribution >= 0.6 is 31.9 Å². The monoisotopic (exact) mass is 541 g/mol. The number of Topliss-reactive ketones (excluding diaryl/α,β-unsaturated/α-hetero) is 2. The van der Waals surface area contributed by atoms with Crippen LogP contribution in [0.3, 0.4) is 0 Å². The fraction of sp³-hybridized carbons (Fsp3) is 0.0435. The molecule has 3 aromatic carbocycles. The van der Waals surface area contributed by atoms with Crippen LogP contribution in [0.2, 0.25) is 0 Å². The number of hydrogen-bond acceptors (Lipinski definition) is 5. The Kier molecular flexibility index (Phi) is 5.84. The van der Waals surface area contributed by atoms with Crippen molar-refractivity contribution in [1.29, 1.82) is 0 Å². The summed E-state index contributed by atoms with van der Waals surface area (Å²) in [6, 6.07) is 16.4. The van der Waals surface area contributed by atoms with Gasteiger partial charge in [-0.2, -0.15) is 0 Å². The van der Waals surface area contributed by atoms with Crippen molar-refractivity contribution in [3.05, 3.63) is 108 Å². The molecule has 0 amide bonds. The molecular weight excluding hydrogens is 530 g/mol. The van der Waals surface area contributed by atoms with Crippen LogP contribution < -0.4 is 4.74 Å². The fourth-order valence-corrected chi connectivity index (χ4v) is 4.69. The van der Waals surface area contributed by atoms with Gasteiger partial charge in [0, 0.05) is 23.3 Å². The number of allylic oxidation sites excluding steroid dienone is 1. The maximum Gasteiger partial charge on any atom is 0.269 e. The summed E-state index contributed by atoms with van der Waals surface area (Å²) < 4.78 is 7.11. The van der Waals surface area contributed by atoms with Gasteiger partial charge >= 0.3 is 0 Å². The predicted molar refractivity (Wildman–Crippen MR) is 122 cm³/mol. The van der Waals surface area contributed by atoms with Crippen LogP contribution in [-0.4, -0.2) is 16.5 Å². The predicted octanol–water partition coefficient (Wildman–Crippen LogP) is 6.16. The molecule has 6 nitrogen and oxygen atoms in total. The summed E-state index contributed by atoms with van der Waals surface area (Å²) >= 11 is 6.93. The van der Waals surface area contributed by atoms with Crippen molar-refractivity contribution >= 4 is 55.2 Å². The van der Waals surface area contributed by atoms with Crippen molar-refractivity contribution in [3.8, 4) is 5.75 Å². The van der Waals surface area contributed by atoms with Crippen LogP contribution in [0, 0.1) is 10.1 Å². The smallest absolute Gasteiger partial charge is 0.269 e. The minimum absolute atomic E-state index is 0.0154. The molecule has 0 spiro atoms.